The summed E-state index contributed by atoms with van der Waals surface area (Å²) in [6.07, 6.45) is 1.63. The van der Waals surface area contributed by atoms with Crippen LogP contribution in [0.2, 0.25) is 0 Å². The van der Waals surface area contributed by atoms with E-state index >= 15 is 0 Å². The van der Waals surface area contributed by atoms with E-state index in [9.17, 15) is 19.7 Å². The highest BCUT2D eigenvalue weighted by Gasteiger charge is 2.34. The number of aromatic nitrogens is 2. The van der Waals surface area contributed by atoms with E-state index in [0.717, 1.165) is 0 Å². The molecule has 0 N–H and O–H groups in total. The number of fused-ring (bicyclic) bond motifs is 2. The van der Waals surface area contributed by atoms with Gasteiger partial charge >= 0.3 is 5.97 Å². The van der Waals surface area contributed by atoms with Crippen molar-refractivity contribution in [2.45, 2.75) is 29.3 Å². The van der Waals surface area contributed by atoms with Crippen LogP contribution in [0.5, 0.6) is 11.5 Å². The number of hydrogen-bond donors (Lipinski definition) is 0. The van der Waals surface area contributed by atoms with Crippen LogP contribution in [0, 0.1) is 10.1 Å². The molecule has 0 spiro atoms. The number of methoxy groups -OCH3 is 2. The molecule has 0 bridgehead atoms. The second kappa shape index (κ2) is 12.3. The minimum atomic E-state index is -0.820. The van der Waals surface area contributed by atoms with E-state index in [2.05, 4.69) is 9.98 Å². The van der Waals surface area contributed by atoms with Crippen molar-refractivity contribution in [3.63, 3.8) is 0 Å². The summed E-state index contributed by atoms with van der Waals surface area (Å²) in [5.74, 6) is 0.820. The first-order chi connectivity index (χ1) is 21.7. The Morgan fingerprint density at radius 2 is 1.93 bits per heavy atom. The van der Waals surface area contributed by atoms with Crippen molar-refractivity contribution in [1.82, 2.24) is 9.55 Å². The summed E-state index contributed by atoms with van der Waals surface area (Å²) in [6.45, 7) is 3.59. The molecule has 0 saturated heterocycles. The Kier molecular flexibility index (Phi) is 8.31. The zero-order valence-corrected chi connectivity index (χ0v) is 26.7. The summed E-state index contributed by atoms with van der Waals surface area (Å²) in [4.78, 5) is 47.3. The molecule has 0 aliphatic carbocycles. The number of rotatable bonds is 9. The van der Waals surface area contributed by atoms with Crippen LogP contribution in [-0.4, -0.2) is 41.3 Å². The van der Waals surface area contributed by atoms with Crippen LogP contribution in [-0.2, 0) is 9.53 Å². The number of nitrogens with zero attached hydrogens (tertiary/aromatic N) is 4. The number of nitro benzene ring substituents is 1. The number of furan rings is 1. The number of carbonyl (C=O) groups excluding carboxylic acids is 1. The van der Waals surface area contributed by atoms with Gasteiger partial charge in [-0.1, -0.05) is 17.4 Å². The van der Waals surface area contributed by atoms with E-state index in [-0.39, 0.29) is 23.4 Å². The number of benzene rings is 2. The molecule has 6 rings (SSSR count). The fourth-order valence-electron chi connectivity index (χ4n) is 4.86. The van der Waals surface area contributed by atoms with Gasteiger partial charge in [0.1, 0.15) is 5.76 Å². The number of ether oxygens (including phenoxy) is 3. The molecule has 0 fully saturated rings. The largest absolute Gasteiger partial charge is 0.493 e. The van der Waals surface area contributed by atoms with Gasteiger partial charge in [-0.15, -0.1) is 11.3 Å². The molecule has 15 heteroatoms. The zero-order valence-electron chi connectivity index (χ0n) is 24.3. The second-order valence-corrected chi connectivity index (χ2v) is 12.9. The molecule has 2 aromatic carbocycles. The first kappa shape index (κ1) is 30.3. The monoisotopic (exact) mass is 664 g/mol. The number of thiazole rings is 2. The predicted molar refractivity (Wildman–Crippen MR) is 169 cm³/mol. The summed E-state index contributed by atoms with van der Waals surface area (Å²) in [5, 5.41) is 11.7. The summed E-state index contributed by atoms with van der Waals surface area (Å²) < 4.78 is 25.4. The molecule has 0 saturated carbocycles. The number of esters is 1. The molecule has 1 aliphatic rings. The second-order valence-electron chi connectivity index (χ2n) is 9.56. The van der Waals surface area contributed by atoms with Crippen molar-refractivity contribution in [2.24, 2.45) is 4.99 Å². The molecule has 3 aromatic heterocycles. The SMILES string of the molecule is CCOC(=O)C1=C(C)N=c2s/c(=C\c3ccc(Sc4nc5ccc([N+](=O)[O-])cc5s4)o3)c(=O)n2[C@H]1c1ccc(OC)c(OC)c1. The fraction of sp³-hybridized carbons (Fsp3) is 0.200. The Bertz CT molecular complexity index is 2190. The highest BCUT2D eigenvalue weighted by Crippen LogP contribution is 2.37. The number of carbonyl (C=O) groups is 1. The highest BCUT2D eigenvalue weighted by atomic mass is 32.2. The third-order valence-electron chi connectivity index (χ3n) is 6.87. The molecule has 4 heterocycles. The predicted octanol–water partition coefficient (Wildman–Crippen LogP) is 5.08. The summed E-state index contributed by atoms with van der Waals surface area (Å²) in [7, 11) is 3.04. The Hall–Kier alpha value is -4.73. The summed E-state index contributed by atoms with van der Waals surface area (Å²) in [6, 6.07) is 12.4. The van der Waals surface area contributed by atoms with Crippen LogP contribution in [0.25, 0.3) is 16.3 Å². The van der Waals surface area contributed by atoms with Crippen molar-refractivity contribution >= 4 is 62.4 Å². The fourth-order valence-corrected chi connectivity index (χ4v) is 7.89. The number of allylic oxidation sites excluding steroid dienone is 1. The van der Waals surface area contributed by atoms with Crippen molar-refractivity contribution in [2.75, 3.05) is 20.8 Å². The maximum absolute atomic E-state index is 13.9. The molecule has 12 nitrogen and oxygen atoms in total. The minimum absolute atomic E-state index is 0.00221. The Labute approximate surface area is 267 Å². The maximum Gasteiger partial charge on any atom is 0.338 e. The van der Waals surface area contributed by atoms with E-state index in [4.69, 9.17) is 18.6 Å². The van der Waals surface area contributed by atoms with Gasteiger partial charge < -0.3 is 18.6 Å². The van der Waals surface area contributed by atoms with Crippen LogP contribution in [0.4, 0.5) is 5.69 Å². The minimum Gasteiger partial charge on any atom is -0.493 e. The number of hydrogen-bond acceptors (Lipinski definition) is 13. The standard InChI is InChI=1S/C30H24N4O8S3/c1-5-41-28(36)25-15(2)31-29-33(26(25)16-6-10-20(39-3)21(12-16)40-4)27(35)23(43-29)14-18-8-11-24(42-18)45-30-32-19-9-7-17(34(37)38)13-22(19)44-30/h6-14,26H,5H2,1-4H3/b23-14-/t26-/m0/s1. The lowest BCUT2D eigenvalue weighted by Crippen LogP contribution is -2.39. The highest BCUT2D eigenvalue weighted by molar-refractivity contribution is 8.01. The van der Waals surface area contributed by atoms with Crippen LogP contribution in [0.1, 0.15) is 31.2 Å². The lowest BCUT2D eigenvalue weighted by molar-refractivity contribution is -0.384. The Morgan fingerprint density at radius 1 is 1.13 bits per heavy atom. The van der Waals surface area contributed by atoms with Crippen LogP contribution >= 0.6 is 34.4 Å². The average molecular weight is 665 g/mol. The molecule has 0 radical (unpaired) electrons. The molecule has 1 aliphatic heterocycles. The molecule has 0 unspecified atom stereocenters. The topological polar surface area (TPSA) is 148 Å². The average Bonchev–Trinajstić information content (AvgIpc) is 3.72. The van der Waals surface area contributed by atoms with Crippen molar-refractivity contribution in [3.05, 3.63) is 101 Å². The van der Waals surface area contributed by atoms with Gasteiger partial charge in [0, 0.05) is 18.2 Å². The number of non-ortho nitro benzene ring substituents is 1. The molecule has 0 amide bonds. The van der Waals surface area contributed by atoms with E-state index in [1.165, 1.54) is 65.4 Å². The summed E-state index contributed by atoms with van der Waals surface area (Å²) >= 11 is 3.77. The first-order valence-electron chi connectivity index (χ1n) is 13.4. The maximum atomic E-state index is 13.9. The van der Waals surface area contributed by atoms with Gasteiger partial charge in [0.25, 0.3) is 11.2 Å². The van der Waals surface area contributed by atoms with Gasteiger partial charge in [0.2, 0.25) is 0 Å². The third-order valence-corrected chi connectivity index (χ3v) is 9.85. The molecular formula is C30H24N4O8S3. The zero-order chi connectivity index (χ0) is 31.8. The van der Waals surface area contributed by atoms with E-state index in [0.29, 0.717) is 57.5 Å². The smallest absolute Gasteiger partial charge is 0.338 e. The van der Waals surface area contributed by atoms with E-state index in [1.807, 2.05) is 0 Å². The van der Waals surface area contributed by atoms with E-state index < -0.39 is 16.9 Å². The molecule has 230 valence electrons. The molecule has 5 aromatic rings. The first-order valence-corrected chi connectivity index (χ1v) is 15.9. The molecule has 45 heavy (non-hydrogen) atoms. The van der Waals surface area contributed by atoms with Gasteiger partial charge in [-0.05, 0) is 61.5 Å². The van der Waals surface area contributed by atoms with E-state index in [1.54, 1.807) is 56.3 Å². The van der Waals surface area contributed by atoms with Gasteiger partial charge in [0.05, 0.1) is 57.8 Å². The lowest BCUT2D eigenvalue weighted by atomic mass is 9.95. The molecular weight excluding hydrogens is 641 g/mol. The quantitative estimate of drug-likeness (QED) is 0.119. The normalized spacial score (nSPS) is 14.8. The molecule has 1 atom stereocenters. The van der Waals surface area contributed by atoms with Crippen molar-refractivity contribution in [1.29, 1.82) is 0 Å². The Balaban J connectivity index is 1.38. The lowest BCUT2D eigenvalue weighted by Gasteiger charge is -2.25. The van der Waals surface area contributed by atoms with Gasteiger partial charge in [-0.2, -0.15) is 0 Å². The van der Waals surface area contributed by atoms with Crippen molar-refractivity contribution < 1.29 is 28.3 Å². The third kappa shape index (κ3) is 5.77. The van der Waals surface area contributed by atoms with Gasteiger partial charge in [-0.3, -0.25) is 19.5 Å². The van der Waals surface area contributed by atoms with Gasteiger partial charge in [0.15, 0.2) is 25.7 Å². The Morgan fingerprint density at radius 3 is 2.67 bits per heavy atom. The van der Waals surface area contributed by atoms with Gasteiger partial charge in [-0.25, -0.2) is 14.8 Å². The van der Waals surface area contributed by atoms with Crippen LogP contribution < -0.4 is 24.4 Å². The van der Waals surface area contributed by atoms with Crippen LogP contribution in [0.15, 0.2) is 83.4 Å². The summed E-state index contributed by atoms with van der Waals surface area (Å²) in [5.41, 5.74) is 1.62. The van der Waals surface area contributed by atoms with Crippen LogP contribution in [0.3, 0.4) is 0 Å². The van der Waals surface area contributed by atoms with Crippen molar-refractivity contribution in [3.8, 4) is 11.5 Å². The number of nitro groups is 1.